The number of nitrogens with zero attached hydrogens (tertiary/aromatic N) is 2. The van der Waals surface area contributed by atoms with Crippen molar-refractivity contribution >= 4 is 11.9 Å². The van der Waals surface area contributed by atoms with E-state index in [0.717, 1.165) is 5.69 Å². The van der Waals surface area contributed by atoms with E-state index in [1.165, 1.54) is 7.11 Å². The highest BCUT2D eigenvalue weighted by molar-refractivity contribution is 5.82. The molecule has 6 nitrogen and oxygen atoms in total. The molecule has 0 spiro atoms. The average molecular weight is 253 g/mol. The molecule has 0 aromatic carbocycles. The van der Waals surface area contributed by atoms with Gasteiger partial charge in [-0.15, -0.1) is 0 Å². The van der Waals surface area contributed by atoms with Crippen molar-refractivity contribution in [3.05, 3.63) is 11.8 Å². The van der Waals surface area contributed by atoms with Crippen molar-refractivity contribution in [2.24, 2.45) is 0 Å². The summed E-state index contributed by atoms with van der Waals surface area (Å²) in [5, 5.41) is 12.2. The quantitative estimate of drug-likeness (QED) is 0.804. The highest BCUT2D eigenvalue weighted by Crippen LogP contribution is 2.22. The summed E-state index contributed by atoms with van der Waals surface area (Å²) in [6.07, 6.45) is 0.886. The summed E-state index contributed by atoms with van der Waals surface area (Å²) in [5.41, 5.74) is -0.324. The predicted molar refractivity (Wildman–Crippen MR) is 67.9 cm³/mol. The normalized spacial score (nSPS) is 11.1. The molecule has 100 valence electrons. The summed E-state index contributed by atoms with van der Waals surface area (Å²) in [5.74, 6) is -0.217. The molecule has 0 atom stereocenters. The molecule has 0 aliphatic rings. The maximum Gasteiger partial charge on any atom is 0.329 e. The number of aliphatic carboxylic acids is 1. The lowest BCUT2D eigenvalue weighted by molar-refractivity contribution is -0.142. The molecule has 1 rings (SSSR count). The molecule has 2 N–H and O–H groups in total. The van der Waals surface area contributed by atoms with E-state index in [4.69, 9.17) is 4.74 Å². The van der Waals surface area contributed by atoms with Gasteiger partial charge in [-0.3, -0.25) is 0 Å². The lowest BCUT2D eigenvalue weighted by Crippen LogP contribution is -2.45. The molecular formula is C12H19N3O3. The van der Waals surface area contributed by atoms with Crippen molar-refractivity contribution in [1.29, 1.82) is 0 Å². The van der Waals surface area contributed by atoms with Gasteiger partial charge in [0.25, 0.3) is 0 Å². The highest BCUT2D eigenvalue weighted by atomic mass is 16.5. The molecule has 0 unspecified atom stereocenters. The van der Waals surface area contributed by atoms with E-state index in [1.807, 2.05) is 13.8 Å². The number of rotatable bonds is 6. The Labute approximate surface area is 106 Å². The van der Waals surface area contributed by atoms with Crippen molar-refractivity contribution in [3.63, 3.8) is 0 Å². The molecule has 0 bridgehead atoms. The average Bonchev–Trinajstić information content (AvgIpc) is 2.35. The van der Waals surface area contributed by atoms with Crippen LogP contribution >= 0.6 is 0 Å². The molecule has 0 fully saturated rings. The second-order valence-electron chi connectivity index (χ2n) is 4.09. The number of anilines is 1. The number of carboxylic acid groups (broad SMARTS) is 1. The summed E-state index contributed by atoms with van der Waals surface area (Å²) >= 11 is 0. The van der Waals surface area contributed by atoms with Gasteiger partial charge in [0.15, 0.2) is 0 Å². The number of nitrogens with one attached hydrogen (secondary N) is 1. The van der Waals surface area contributed by atoms with E-state index in [1.54, 1.807) is 13.0 Å². The number of aryl methyl sites for hydroxylation is 1. The van der Waals surface area contributed by atoms with E-state index < -0.39 is 11.5 Å². The predicted octanol–water partition coefficient (Wildman–Crippen LogP) is 1.85. The van der Waals surface area contributed by atoms with Gasteiger partial charge in [0.2, 0.25) is 11.8 Å². The molecule has 1 aromatic rings. The molecular weight excluding hydrogens is 234 g/mol. The van der Waals surface area contributed by atoms with Crippen LogP contribution in [-0.2, 0) is 4.79 Å². The molecule has 0 aliphatic carbocycles. The minimum absolute atomic E-state index is 0.276. The maximum absolute atomic E-state index is 11.4. The van der Waals surface area contributed by atoms with Crippen LogP contribution < -0.4 is 10.1 Å². The number of carboxylic acids is 1. The number of carbonyl (C=O) groups is 1. The van der Waals surface area contributed by atoms with Crippen LogP contribution in [0.2, 0.25) is 0 Å². The van der Waals surface area contributed by atoms with Crippen LogP contribution in [0.15, 0.2) is 6.07 Å². The molecule has 0 saturated heterocycles. The van der Waals surface area contributed by atoms with Gasteiger partial charge in [-0.25, -0.2) is 9.78 Å². The fraction of sp³-hybridized carbons (Fsp3) is 0.583. The molecule has 1 heterocycles. The first-order chi connectivity index (χ1) is 8.47. The first-order valence-electron chi connectivity index (χ1n) is 5.88. The third-order valence-corrected chi connectivity index (χ3v) is 3.01. The zero-order valence-electron chi connectivity index (χ0n) is 11.1. The SMILES string of the molecule is CCC(CC)(Nc1nc(C)cc(OC)n1)C(=O)O. The Kier molecular flexibility index (Phi) is 4.47. The van der Waals surface area contributed by atoms with Crippen molar-refractivity contribution in [2.45, 2.75) is 39.2 Å². The Hall–Kier alpha value is -1.85. The summed E-state index contributed by atoms with van der Waals surface area (Å²) in [4.78, 5) is 19.7. The second-order valence-corrected chi connectivity index (χ2v) is 4.09. The maximum atomic E-state index is 11.4. The minimum Gasteiger partial charge on any atom is -0.481 e. The van der Waals surface area contributed by atoms with E-state index in [2.05, 4.69) is 15.3 Å². The second kappa shape index (κ2) is 5.66. The number of ether oxygens (including phenoxy) is 1. The minimum atomic E-state index is -1.04. The van der Waals surface area contributed by atoms with Gasteiger partial charge < -0.3 is 15.2 Å². The molecule has 6 heteroatoms. The first kappa shape index (κ1) is 14.2. The van der Waals surface area contributed by atoms with Gasteiger partial charge in [-0.1, -0.05) is 13.8 Å². The lowest BCUT2D eigenvalue weighted by Gasteiger charge is -2.28. The van der Waals surface area contributed by atoms with Crippen molar-refractivity contribution < 1.29 is 14.6 Å². The van der Waals surface area contributed by atoms with Crippen LogP contribution in [0.5, 0.6) is 5.88 Å². The summed E-state index contributed by atoms with van der Waals surface area (Å²) in [6, 6.07) is 1.69. The number of hydrogen-bond acceptors (Lipinski definition) is 5. The fourth-order valence-corrected chi connectivity index (χ4v) is 1.70. The molecule has 0 radical (unpaired) electrons. The zero-order chi connectivity index (χ0) is 13.8. The first-order valence-corrected chi connectivity index (χ1v) is 5.88. The van der Waals surface area contributed by atoms with Crippen LogP contribution in [0.1, 0.15) is 32.4 Å². The van der Waals surface area contributed by atoms with Crippen molar-refractivity contribution in [1.82, 2.24) is 9.97 Å². The van der Waals surface area contributed by atoms with Crippen LogP contribution in [0, 0.1) is 6.92 Å². The van der Waals surface area contributed by atoms with E-state index in [0.29, 0.717) is 18.7 Å². The Balaban J connectivity index is 3.08. The molecule has 0 saturated carbocycles. The van der Waals surface area contributed by atoms with Gasteiger partial charge in [0.1, 0.15) is 5.54 Å². The fourth-order valence-electron chi connectivity index (χ4n) is 1.70. The van der Waals surface area contributed by atoms with E-state index in [-0.39, 0.29) is 5.95 Å². The third kappa shape index (κ3) is 2.88. The lowest BCUT2D eigenvalue weighted by atomic mass is 9.93. The largest absolute Gasteiger partial charge is 0.481 e. The molecule has 1 aromatic heterocycles. The van der Waals surface area contributed by atoms with Gasteiger partial charge in [-0.05, 0) is 19.8 Å². The Morgan fingerprint density at radius 3 is 2.50 bits per heavy atom. The number of hydrogen-bond donors (Lipinski definition) is 2. The Morgan fingerprint density at radius 2 is 2.06 bits per heavy atom. The third-order valence-electron chi connectivity index (χ3n) is 3.01. The summed E-state index contributed by atoms with van der Waals surface area (Å²) in [6.45, 7) is 5.44. The summed E-state index contributed by atoms with van der Waals surface area (Å²) in [7, 11) is 1.51. The Bertz CT molecular complexity index is 431. The van der Waals surface area contributed by atoms with Crippen LogP contribution in [-0.4, -0.2) is 33.7 Å². The number of methoxy groups -OCH3 is 1. The smallest absolute Gasteiger partial charge is 0.329 e. The summed E-state index contributed by atoms with van der Waals surface area (Å²) < 4.78 is 5.04. The van der Waals surface area contributed by atoms with Crippen molar-refractivity contribution in [2.75, 3.05) is 12.4 Å². The molecule has 18 heavy (non-hydrogen) atoms. The van der Waals surface area contributed by atoms with E-state index >= 15 is 0 Å². The topological polar surface area (TPSA) is 84.3 Å². The van der Waals surface area contributed by atoms with E-state index in [9.17, 15) is 9.90 Å². The van der Waals surface area contributed by atoms with Crippen LogP contribution in [0.3, 0.4) is 0 Å². The van der Waals surface area contributed by atoms with Gasteiger partial charge in [-0.2, -0.15) is 4.98 Å². The van der Waals surface area contributed by atoms with Gasteiger partial charge in [0, 0.05) is 11.8 Å². The molecule has 0 aliphatic heterocycles. The Morgan fingerprint density at radius 1 is 1.44 bits per heavy atom. The van der Waals surface area contributed by atoms with Crippen LogP contribution in [0.25, 0.3) is 0 Å². The number of aromatic nitrogens is 2. The molecule has 0 amide bonds. The zero-order valence-corrected chi connectivity index (χ0v) is 11.1. The van der Waals surface area contributed by atoms with Gasteiger partial charge in [0.05, 0.1) is 7.11 Å². The standard InChI is InChI=1S/C12H19N3O3/c1-5-12(6-2,10(16)17)15-11-13-8(3)7-9(14-11)18-4/h7H,5-6H2,1-4H3,(H,16,17)(H,13,14,15). The van der Waals surface area contributed by atoms with Crippen molar-refractivity contribution in [3.8, 4) is 5.88 Å². The van der Waals surface area contributed by atoms with Crippen LogP contribution in [0.4, 0.5) is 5.95 Å². The highest BCUT2D eigenvalue weighted by Gasteiger charge is 2.35. The monoisotopic (exact) mass is 253 g/mol. The van der Waals surface area contributed by atoms with Gasteiger partial charge >= 0.3 is 5.97 Å².